The molecule has 0 aromatic carbocycles. The minimum absolute atomic E-state index is 0.162. The summed E-state index contributed by atoms with van der Waals surface area (Å²) in [7, 11) is -10.6. The molecule has 0 aliphatic carbocycles. The fraction of sp³-hybridized carbons (Fsp3) is 0.667. The molecule has 8 heteroatoms. The third-order valence-corrected chi connectivity index (χ3v) is 7.37. The van der Waals surface area contributed by atoms with Crippen LogP contribution >= 0.6 is 7.60 Å². The van der Waals surface area contributed by atoms with Gasteiger partial charge in [0.2, 0.25) is 0 Å². The summed E-state index contributed by atoms with van der Waals surface area (Å²) in [6.45, 7) is 8.20. The highest BCUT2D eigenvalue weighted by Crippen LogP contribution is 2.38. The molecule has 1 atom stereocenters. The van der Waals surface area contributed by atoms with E-state index in [1.165, 1.54) is 11.1 Å². The summed E-state index contributed by atoms with van der Waals surface area (Å²) < 4.78 is 43.5. The number of allylic oxidation sites excluding steroid dienone is 6. The van der Waals surface area contributed by atoms with Crippen LogP contribution in [0.2, 0.25) is 0 Å². The van der Waals surface area contributed by atoms with Gasteiger partial charge in [-0.15, -0.1) is 0 Å². The van der Waals surface area contributed by atoms with Crippen LogP contribution in [0.25, 0.3) is 0 Å². The van der Waals surface area contributed by atoms with Crippen molar-refractivity contribution < 1.29 is 27.3 Å². The van der Waals surface area contributed by atoms with Gasteiger partial charge in [-0.2, -0.15) is 0 Å². The van der Waals surface area contributed by atoms with Crippen molar-refractivity contribution in [2.24, 2.45) is 0 Å². The molecular formula is C18H30O6PS-3. The molecule has 0 amide bonds. The van der Waals surface area contributed by atoms with Crippen molar-refractivity contribution in [1.29, 1.82) is 0 Å². The molecule has 0 fully saturated rings. The van der Waals surface area contributed by atoms with Crippen LogP contribution in [0.3, 0.4) is 0 Å². The van der Waals surface area contributed by atoms with E-state index in [1.807, 2.05) is 13.0 Å². The third-order valence-electron chi connectivity index (χ3n) is 3.96. The summed E-state index contributed by atoms with van der Waals surface area (Å²) in [5, 5.41) is 0. The minimum Gasteiger partial charge on any atom is -0.810 e. The zero-order chi connectivity index (χ0) is 20.4. The van der Waals surface area contributed by atoms with Gasteiger partial charge in [0, 0.05) is 0 Å². The molecule has 152 valence electrons. The fourth-order valence-electron chi connectivity index (χ4n) is 2.44. The lowest BCUT2D eigenvalue weighted by molar-refractivity contribution is -0.314. The first-order valence-electron chi connectivity index (χ1n) is 8.75. The summed E-state index contributed by atoms with van der Waals surface area (Å²) in [5.74, 6) is 0. The molecule has 26 heavy (non-hydrogen) atoms. The van der Waals surface area contributed by atoms with E-state index in [9.17, 15) is 27.3 Å². The van der Waals surface area contributed by atoms with E-state index in [1.54, 1.807) is 0 Å². The van der Waals surface area contributed by atoms with E-state index in [0.29, 0.717) is 6.42 Å². The van der Waals surface area contributed by atoms with Crippen molar-refractivity contribution in [3.8, 4) is 0 Å². The van der Waals surface area contributed by atoms with Gasteiger partial charge in [-0.3, -0.25) is 0 Å². The molecule has 0 aromatic heterocycles. The van der Waals surface area contributed by atoms with Gasteiger partial charge in [0.1, 0.15) is 10.1 Å². The van der Waals surface area contributed by atoms with Gasteiger partial charge in [-0.25, -0.2) is 8.42 Å². The fourth-order valence-corrected chi connectivity index (χ4v) is 4.66. The molecule has 0 aromatic rings. The summed E-state index contributed by atoms with van der Waals surface area (Å²) in [5.41, 5.74) is 3.75. The van der Waals surface area contributed by atoms with Crippen LogP contribution in [0.4, 0.5) is 0 Å². The predicted octanol–water partition coefficient (Wildman–Crippen LogP) is 3.36. The van der Waals surface area contributed by atoms with Gasteiger partial charge in [0.15, 0.2) is 0 Å². The molecule has 0 spiro atoms. The summed E-state index contributed by atoms with van der Waals surface area (Å²) in [4.78, 5) is 19.4. The van der Waals surface area contributed by atoms with Gasteiger partial charge in [0.25, 0.3) is 0 Å². The normalized spacial score (nSPS) is 15.0. The van der Waals surface area contributed by atoms with Crippen LogP contribution in [0.5, 0.6) is 0 Å². The lowest BCUT2D eigenvalue weighted by Gasteiger charge is -2.39. The Morgan fingerprint density at radius 2 is 1.38 bits per heavy atom. The maximum Gasteiger partial charge on any atom is 0.102 e. The minimum atomic E-state index is -5.44. The van der Waals surface area contributed by atoms with Crippen LogP contribution in [-0.2, 0) is 14.7 Å². The first kappa shape index (κ1) is 25.3. The Morgan fingerprint density at radius 1 is 0.923 bits per heavy atom. The Morgan fingerprint density at radius 3 is 1.81 bits per heavy atom. The molecular weight excluding hydrogens is 375 g/mol. The molecule has 0 rings (SSSR count). The second-order valence-corrected chi connectivity index (χ2v) is 10.5. The van der Waals surface area contributed by atoms with E-state index in [0.717, 1.165) is 31.3 Å². The van der Waals surface area contributed by atoms with Crippen molar-refractivity contribution in [2.75, 3.05) is 0 Å². The topological polar surface area (TPSA) is 120 Å². The highest BCUT2D eigenvalue weighted by atomic mass is 32.2. The van der Waals surface area contributed by atoms with Crippen LogP contribution in [0.1, 0.15) is 72.6 Å². The smallest absolute Gasteiger partial charge is 0.102 e. The lowest BCUT2D eigenvalue weighted by Crippen LogP contribution is -2.32. The average molecular weight is 405 g/mol. The Balaban J connectivity index is 4.30. The maximum absolute atomic E-state index is 10.9. The Labute approximate surface area is 158 Å². The SMILES string of the molecule is CC(C)=CCC/C(C)=C/CC/C(C)=C/CCCC(P(=O)([O-])[O-])S(=O)(=O)[O-]. The zero-order valence-electron chi connectivity index (χ0n) is 16.1. The highest BCUT2D eigenvalue weighted by Gasteiger charge is 2.19. The van der Waals surface area contributed by atoms with Crippen molar-refractivity contribution >= 4 is 17.7 Å². The van der Waals surface area contributed by atoms with E-state index >= 15 is 0 Å². The van der Waals surface area contributed by atoms with Crippen LogP contribution < -0.4 is 9.79 Å². The Bertz CT molecular complexity index is 666. The molecule has 0 radical (unpaired) electrons. The molecule has 0 N–H and O–H groups in total. The van der Waals surface area contributed by atoms with E-state index in [2.05, 4.69) is 32.9 Å². The third kappa shape index (κ3) is 12.6. The first-order valence-corrected chi connectivity index (χ1v) is 11.8. The van der Waals surface area contributed by atoms with Crippen molar-refractivity contribution in [1.82, 2.24) is 0 Å². The molecule has 0 heterocycles. The van der Waals surface area contributed by atoms with Gasteiger partial charge < -0.3 is 18.9 Å². The monoisotopic (exact) mass is 405 g/mol. The van der Waals surface area contributed by atoms with Gasteiger partial charge >= 0.3 is 0 Å². The number of rotatable bonds is 12. The Hall–Kier alpha value is -0.720. The van der Waals surface area contributed by atoms with E-state index in [4.69, 9.17) is 0 Å². The quantitative estimate of drug-likeness (QED) is 0.212. The molecule has 6 nitrogen and oxygen atoms in total. The highest BCUT2D eigenvalue weighted by molar-refractivity contribution is 7.93. The van der Waals surface area contributed by atoms with Crippen LogP contribution in [0.15, 0.2) is 34.9 Å². The Kier molecular flexibility index (Phi) is 11.6. The summed E-state index contributed by atoms with van der Waals surface area (Å²) in [6, 6.07) is 0. The molecule has 0 bridgehead atoms. The molecule has 0 aliphatic heterocycles. The average Bonchev–Trinajstić information content (AvgIpc) is 2.43. The first-order chi connectivity index (χ1) is 11.8. The predicted molar refractivity (Wildman–Crippen MR) is 100 cm³/mol. The molecule has 1 unspecified atom stereocenters. The summed E-state index contributed by atoms with van der Waals surface area (Å²) >= 11 is 0. The van der Waals surface area contributed by atoms with Gasteiger partial charge in [-0.1, -0.05) is 42.5 Å². The van der Waals surface area contributed by atoms with Crippen LogP contribution in [0, 0.1) is 0 Å². The van der Waals surface area contributed by atoms with Gasteiger partial charge in [0.05, 0.1) is 4.99 Å². The van der Waals surface area contributed by atoms with Crippen molar-refractivity contribution in [2.45, 2.75) is 77.6 Å². The molecule has 0 aliphatic rings. The van der Waals surface area contributed by atoms with E-state index < -0.39 is 29.1 Å². The molecule has 0 saturated carbocycles. The number of unbranched alkanes of at least 4 members (excludes halogenated alkanes) is 1. The van der Waals surface area contributed by atoms with Gasteiger partial charge in [-0.05, 0) is 72.6 Å². The zero-order valence-corrected chi connectivity index (χ0v) is 17.8. The van der Waals surface area contributed by atoms with Crippen LogP contribution in [-0.4, -0.2) is 18.0 Å². The largest absolute Gasteiger partial charge is 0.810 e. The maximum atomic E-state index is 10.9. The number of hydrogen-bond donors (Lipinski definition) is 0. The van der Waals surface area contributed by atoms with Crippen molar-refractivity contribution in [3.63, 3.8) is 0 Å². The standard InChI is InChI=1S/C18H33O6PS/c1-15(2)9-7-11-17(4)13-8-12-16(3)10-5-6-14-18(25(19,20)21)26(22,23)24/h9-10,13,18H,5-8,11-12,14H2,1-4H3,(H2,19,20,21)(H,22,23,24)/p-3/b16-10+,17-13+. The lowest BCUT2D eigenvalue weighted by atomic mass is 10.1. The summed E-state index contributed by atoms with van der Waals surface area (Å²) in [6.07, 6.45) is 10.3. The van der Waals surface area contributed by atoms with Crippen molar-refractivity contribution in [3.05, 3.63) is 34.9 Å². The molecule has 0 saturated heterocycles. The van der Waals surface area contributed by atoms with E-state index in [-0.39, 0.29) is 6.42 Å². The second kappa shape index (κ2) is 11.9. The number of hydrogen-bond acceptors (Lipinski definition) is 6. The second-order valence-electron chi connectivity index (χ2n) is 6.88.